The van der Waals surface area contributed by atoms with Crippen LogP contribution in [0.4, 0.5) is 4.79 Å². The maximum atomic E-state index is 12.1. The Bertz CT molecular complexity index is 259. The molecule has 0 aromatic rings. The first-order chi connectivity index (χ1) is 7.84. The average Bonchev–Trinajstić information content (AvgIpc) is 2.86. The smallest absolute Gasteiger partial charge is 0.410 e. The third-order valence-electron chi connectivity index (χ3n) is 4.06. The second-order valence-electron chi connectivity index (χ2n) is 5.09. The first kappa shape index (κ1) is 10.4. The van der Waals surface area contributed by atoms with Crippen LogP contribution in [-0.2, 0) is 9.47 Å². The molecule has 0 aromatic carbocycles. The van der Waals surface area contributed by atoms with E-state index in [0.717, 1.165) is 25.9 Å². The Kier molecular flexibility index (Phi) is 2.75. The first-order valence-corrected chi connectivity index (χ1v) is 6.41. The monoisotopic (exact) mass is 225 g/mol. The lowest BCUT2D eigenvalue weighted by atomic mass is 10.0. The zero-order valence-corrected chi connectivity index (χ0v) is 9.56. The predicted octanol–water partition coefficient (Wildman–Crippen LogP) is 1.93. The minimum Gasteiger partial charge on any atom is -0.444 e. The highest BCUT2D eigenvalue weighted by Gasteiger charge is 2.41. The van der Waals surface area contributed by atoms with Gasteiger partial charge in [0.25, 0.3) is 0 Å². The van der Waals surface area contributed by atoms with Crippen LogP contribution < -0.4 is 0 Å². The molecule has 0 aromatic heterocycles. The number of hydrogen-bond donors (Lipinski definition) is 0. The lowest BCUT2D eigenvalue weighted by molar-refractivity contribution is 0.0340. The Morgan fingerprint density at radius 1 is 1.12 bits per heavy atom. The topological polar surface area (TPSA) is 38.8 Å². The van der Waals surface area contributed by atoms with Crippen molar-refractivity contribution in [3.63, 3.8) is 0 Å². The van der Waals surface area contributed by atoms with Crippen LogP contribution in [-0.4, -0.2) is 42.4 Å². The zero-order valence-electron chi connectivity index (χ0n) is 9.56. The van der Waals surface area contributed by atoms with Crippen LogP contribution in [0.3, 0.4) is 0 Å². The summed E-state index contributed by atoms with van der Waals surface area (Å²) in [6.45, 7) is 1.31. The molecule has 0 radical (unpaired) electrons. The first-order valence-electron chi connectivity index (χ1n) is 6.41. The van der Waals surface area contributed by atoms with Crippen LogP contribution in [0.25, 0.3) is 0 Å². The summed E-state index contributed by atoms with van der Waals surface area (Å²) < 4.78 is 10.7. The number of hydrogen-bond acceptors (Lipinski definition) is 3. The summed E-state index contributed by atoms with van der Waals surface area (Å²) in [5.74, 6) is 0. The number of nitrogens with zero attached hydrogens (tertiary/aromatic N) is 1. The summed E-state index contributed by atoms with van der Waals surface area (Å²) >= 11 is 0. The number of amides is 1. The quantitative estimate of drug-likeness (QED) is 0.684. The van der Waals surface area contributed by atoms with Gasteiger partial charge in [0.2, 0.25) is 0 Å². The number of carbonyl (C=O) groups is 1. The number of fused-ring (bicyclic) bond motifs is 2. The fourth-order valence-electron chi connectivity index (χ4n) is 3.22. The summed E-state index contributed by atoms with van der Waals surface area (Å²) in [4.78, 5) is 14.1. The van der Waals surface area contributed by atoms with E-state index in [1.54, 1.807) is 0 Å². The van der Waals surface area contributed by atoms with E-state index < -0.39 is 0 Å². The fourth-order valence-corrected chi connectivity index (χ4v) is 3.22. The highest BCUT2D eigenvalue weighted by Crippen LogP contribution is 2.36. The van der Waals surface area contributed by atoms with Gasteiger partial charge in [-0.3, -0.25) is 0 Å². The molecular weight excluding hydrogens is 206 g/mol. The highest BCUT2D eigenvalue weighted by atomic mass is 16.6. The molecule has 3 fully saturated rings. The van der Waals surface area contributed by atoms with Crippen molar-refractivity contribution in [2.75, 3.05) is 13.2 Å². The average molecular weight is 225 g/mol. The fraction of sp³-hybridized carbons (Fsp3) is 0.917. The Morgan fingerprint density at radius 3 is 2.50 bits per heavy atom. The molecule has 0 N–H and O–H groups in total. The molecule has 90 valence electrons. The second kappa shape index (κ2) is 4.24. The normalized spacial score (nSPS) is 37.8. The number of carbonyl (C=O) groups excluding carboxylic acids is 1. The van der Waals surface area contributed by atoms with Crippen molar-refractivity contribution in [2.24, 2.45) is 0 Å². The molecule has 3 aliphatic heterocycles. The molecule has 16 heavy (non-hydrogen) atoms. The lowest BCUT2D eigenvalue weighted by Gasteiger charge is -2.34. The van der Waals surface area contributed by atoms with Gasteiger partial charge in [-0.05, 0) is 32.1 Å². The molecule has 3 aliphatic rings. The molecule has 3 unspecified atom stereocenters. The summed E-state index contributed by atoms with van der Waals surface area (Å²) in [5.41, 5.74) is 0. The summed E-state index contributed by atoms with van der Waals surface area (Å²) in [6.07, 6.45) is 6.68. The van der Waals surface area contributed by atoms with E-state index in [1.807, 2.05) is 4.90 Å². The Labute approximate surface area is 95.9 Å². The van der Waals surface area contributed by atoms with Crippen LogP contribution in [0.1, 0.15) is 38.5 Å². The van der Waals surface area contributed by atoms with Gasteiger partial charge in [0.1, 0.15) is 6.10 Å². The van der Waals surface area contributed by atoms with Crippen molar-refractivity contribution in [2.45, 2.75) is 56.7 Å². The molecule has 3 saturated heterocycles. The summed E-state index contributed by atoms with van der Waals surface area (Å²) in [5, 5.41) is 0. The second-order valence-corrected chi connectivity index (χ2v) is 5.09. The molecule has 3 rings (SSSR count). The van der Waals surface area contributed by atoms with Gasteiger partial charge in [-0.1, -0.05) is 0 Å². The molecule has 3 atom stereocenters. The van der Waals surface area contributed by atoms with Gasteiger partial charge >= 0.3 is 6.09 Å². The van der Waals surface area contributed by atoms with E-state index in [2.05, 4.69) is 0 Å². The van der Waals surface area contributed by atoms with Gasteiger partial charge in [0.05, 0.1) is 13.2 Å². The Morgan fingerprint density at radius 2 is 1.88 bits per heavy atom. The number of ether oxygens (including phenoxy) is 2. The van der Waals surface area contributed by atoms with Crippen molar-refractivity contribution >= 4 is 6.09 Å². The van der Waals surface area contributed by atoms with Crippen molar-refractivity contribution in [3.8, 4) is 0 Å². The Hall–Kier alpha value is -0.770. The van der Waals surface area contributed by atoms with Crippen LogP contribution in [0.5, 0.6) is 0 Å². The van der Waals surface area contributed by atoms with Gasteiger partial charge in [-0.15, -0.1) is 0 Å². The van der Waals surface area contributed by atoms with Gasteiger partial charge < -0.3 is 14.4 Å². The molecule has 0 spiro atoms. The van der Waals surface area contributed by atoms with Crippen molar-refractivity contribution < 1.29 is 14.3 Å². The van der Waals surface area contributed by atoms with Gasteiger partial charge in [0.15, 0.2) is 0 Å². The Balaban J connectivity index is 1.61. The minimum atomic E-state index is -0.0947. The lowest BCUT2D eigenvalue weighted by Crippen LogP contribution is -2.45. The zero-order chi connectivity index (χ0) is 11.0. The van der Waals surface area contributed by atoms with Crippen LogP contribution in [0.2, 0.25) is 0 Å². The van der Waals surface area contributed by atoms with E-state index in [0.29, 0.717) is 18.7 Å². The molecular formula is C12H19NO3. The highest BCUT2D eigenvalue weighted by molar-refractivity contribution is 5.69. The summed E-state index contributed by atoms with van der Waals surface area (Å²) in [6, 6.07) is 0.905. The predicted molar refractivity (Wildman–Crippen MR) is 58.2 cm³/mol. The number of piperidine rings is 1. The third kappa shape index (κ3) is 1.79. The SMILES string of the molecule is O=C(OC1CCOC1)N1C2CCCC1CC2. The maximum absolute atomic E-state index is 12.1. The van der Waals surface area contributed by atoms with E-state index in [9.17, 15) is 4.79 Å². The van der Waals surface area contributed by atoms with Gasteiger partial charge in [-0.25, -0.2) is 4.79 Å². The van der Waals surface area contributed by atoms with Crippen molar-refractivity contribution in [1.29, 1.82) is 0 Å². The molecule has 0 aliphatic carbocycles. The van der Waals surface area contributed by atoms with Gasteiger partial charge in [0, 0.05) is 18.5 Å². The molecule has 4 heteroatoms. The molecule has 4 nitrogen and oxygen atoms in total. The summed E-state index contributed by atoms with van der Waals surface area (Å²) in [7, 11) is 0. The minimum absolute atomic E-state index is 0.00572. The standard InChI is InChI=1S/C12H19NO3/c14-12(16-11-6-7-15-8-11)13-9-2-1-3-10(13)5-4-9/h9-11H,1-8H2. The largest absolute Gasteiger partial charge is 0.444 e. The van der Waals surface area contributed by atoms with E-state index in [4.69, 9.17) is 9.47 Å². The van der Waals surface area contributed by atoms with E-state index in [-0.39, 0.29) is 12.2 Å². The third-order valence-corrected chi connectivity index (χ3v) is 4.06. The molecule has 2 bridgehead atoms. The molecule has 3 heterocycles. The van der Waals surface area contributed by atoms with Crippen molar-refractivity contribution in [3.05, 3.63) is 0 Å². The van der Waals surface area contributed by atoms with E-state index in [1.165, 1.54) is 19.3 Å². The van der Waals surface area contributed by atoms with Crippen LogP contribution in [0.15, 0.2) is 0 Å². The van der Waals surface area contributed by atoms with Crippen LogP contribution >= 0.6 is 0 Å². The van der Waals surface area contributed by atoms with Crippen molar-refractivity contribution in [1.82, 2.24) is 4.90 Å². The number of rotatable bonds is 1. The molecule has 0 saturated carbocycles. The van der Waals surface area contributed by atoms with E-state index >= 15 is 0 Å². The molecule has 1 amide bonds. The maximum Gasteiger partial charge on any atom is 0.410 e. The van der Waals surface area contributed by atoms with Gasteiger partial charge in [-0.2, -0.15) is 0 Å². The van der Waals surface area contributed by atoms with Crippen LogP contribution in [0, 0.1) is 0 Å².